The lowest BCUT2D eigenvalue weighted by Crippen LogP contribution is -2.41. The van der Waals surface area contributed by atoms with Crippen LogP contribution in [-0.2, 0) is 4.74 Å². The van der Waals surface area contributed by atoms with E-state index in [9.17, 15) is 4.79 Å². The van der Waals surface area contributed by atoms with Crippen molar-refractivity contribution in [1.29, 1.82) is 0 Å². The Bertz CT molecular complexity index is 1030. The Morgan fingerprint density at radius 3 is 2.76 bits per heavy atom. The molecule has 1 N–H and O–H groups in total. The van der Waals surface area contributed by atoms with Gasteiger partial charge in [-0.05, 0) is 30.7 Å². The van der Waals surface area contributed by atoms with E-state index < -0.39 is 0 Å². The largest absolute Gasteiger partial charge is 0.379 e. The summed E-state index contributed by atoms with van der Waals surface area (Å²) in [7, 11) is 0. The highest BCUT2D eigenvalue weighted by Crippen LogP contribution is 2.30. The Morgan fingerprint density at radius 1 is 1.17 bits per heavy atom. The van der Waals surface area contributed by atoms with Gasteiger partial charge >= 0.3 is 0 Å². The number of nitrogens with one attached hydrogen (secondary N) is 1. The van der Waals surface area contributed by atoms with E-state index in [0.29, 0.717) is 17.1 Å². The average Bonchev–Trinajstić information content (AvgIpc) is 2.74. The number of aromatic nitrogens is 1. The number of benzene rings is 2. The van der Waals surface area contributed by atoms with Crippen LogP contribution < -0.4 is 5.32 Å². The number of pyridine rings is 1. The third-order valence-electron chi connectivity index (χ3n) is 5.28. The van der Waals surface area contributed by atoms with E-state index in [1.54, 1.807) is 0 Å². The maximum absolute atomic E-state index is 13.2. The lowest BCUT2D eigenvalue weighted by Gasteiger charge is -2.26. The molecule has 0 radical (unpaired) electrons. The van der Waals surface area contributed by atoms with E-state index in [1.807, 2.05) is 55.5 Å². The standard InChI is InChI=1S/C23H24ClN3O2/c1-16-21(23(28)25-9-10-27-11-13-29-14-12-27)19-7-2-3-8-20(19)26-22(16)17-5-4-6-18(24)15-17/h2-8,15H,9-14H2,1H3,(H,25,28). The molecule has 1 amide bonds. The van der Waals surface area contributed by atoms with Gasteiger partial charge in [0.15, 0.2) is 0 Å². The van der Waals surface area contributed by atoms with Crippen molar-refractivity contribution in [3.63, 3.8) is 0 Å². The summed E-state index contributed by atoms with van der Waals surface area (Å²) in [5.74, 6) is -0.0716. The molecular weight excluding hydrogens is 386 g/mol. The van der Waals surface area contributed by atoms with Crippen LogP contribution in [0.2, 0.25) is 5.02 Å². The first-order chi connectivity index (χ1) is 14.1. The van der Waals surface area contributed by atoms with Crippen LogP contribution in [0.3, 0.4) is 0 Å². The molecule has 0 aliphatic carbocycles. The highest BCUT2D eigenvalue weighted by Gasteiger charge is 2.19. The lowest BCUT2D eigenvalue weighted by molar-refractivity contribution is 0.0383. The lowest BCUT2D eigenvalue weighted by atomic mass is 9.97. The van der Waals surface area contributed by atoms with Crippen molar-refractivity contribution >= 4 is 28.4 Å². The van der Waals surface area contributed by atoms with Gasteiger partial charge in [-0.15, -0.1) is 0 Å². The topological polar surface area (TPSA) is 54.5 Å². The number of morpholine rings is 1. The number of nitrogens with zero attached hydrogens (tertiary/aromatic N) is 2. The SMILES string of the molecule is Cc1c(-c2cccc(Cl)c2)nc2ccccc2c1C(=O)NCCN1CCOCC1. The molecule has 0 spiro atoms. The Hall–Kier alpha value is -2.47. The van der Waals surface area contributed by atoms with Crippen LogP contribution >= 0.6 is 11.6 Å². The minimum Gasteiger partial charge on any atom is -0.379 e. The number of amides is 1. The smallest absolute Gasteiger partial charge is 0.252 e. The van der Waals surface area contributed by atoms with Crippen molar-refractivity contribution in [2.24, 2.45) is 0 Å². The summed E-state index contributed by atoms with van der Waals surface area (Å²) >= 11 is 6.19. The zero-order chi connectivity index (χ0) is 20.2. The van der Waals surface area contributed by atoms with Crippen LogP contribution in [0.4, 0.5) is 0 Å². The Morgan fingerprint density at radius 2 is 1.97 bits per heavy atom. The van der Waals surface area contributed by atoms with E-state index in [-0.39, 0.29) is 5.91 Å². The van der Waals surface area contributed by atoms with Gasteiger partial charge in [0.2, 0.25) is 0 Å². The molecule has 0 unspecified atom stereocenters. The third kappa shape index (κ3) is 4.42. The summed E-state index contributed by atoms with van der Waals surface area (Å²) in [4.78, 5) is 20.3. The minimum absolute atomic E-state index is 0.0716. The van der Waals surface area contributed by atoms with Crippen LogP contribution in [0.5, 0.6) is 0 Å². The summed E-state index contributed by atoms with van der Waals surface area (Å²) in [6.07, 6.45) is 0. The number of halogens is 1. The Labute approximate surface area is 175 Å². The molecule has 0 saturated carbocycles. The molecule has 5 nitrogen and oxygen atoms in total. The van der Waals surface area contributed by atoms with Gasteiger partial charge in [0, 0.05) is 42.2 Å². The number of ether oxygens (including phenoxy) is 1. The van der Waals surface area contributed by atoms with Gasteiger partial charge in [0.05, 0.1) is 30.0 Å². The first-order valence-electron chi connectivity index (χ1n) is 9.87. The van der Waals surface area contributed by atoms with Gasteiger partial charge in [0.1, 0.15) is 0 Å². The first kappa shape index (κ1) is 19.8. The molecular formula is C23H24ClN3O2. The molecule has 0 bridgehead atoms. The summed E-state index contributed by atoms with van der Waals surface area (Å²) in [6.45, 7) is 6.69. The molecule has 1 saturated heterocycles. The van der Waals surface area contributed by atoms with Crippen LogP contribution in [0.1, 0.15) is 15.9 Å². The van der Waals surface area contributed by atoms with Crippen LogP contribution in [-0.4, -0.2) is 55.2 Å². The molecule has 2 aromatic carbocycles. The zero-order valence-electron chi connectivity index (χ0n) is 16.5. The van der Waals surface area contributed by atoms with Gasteiger partial charge < -0.3 is 10.1 Å². The molecule has 0 atom stereocenters. The van der Waals surface area contributed by atoms with E-state index in [0.717, 1.165) is 60.6 Å². The Kier molecular flexibility index (Phi) is 6.09. The van der Waals surface area contributed by atoms with Crippen LogP contribution in [0.15, 0.2) is 48.5 Å². The second-order valence-electron chi connectivity index (χ2n) is 7.20. The molecule has 1 aromatic heterocycles. The normalized spacial score (nSPS) is 14.8. The number of para-hydroxylation sites is 1. The predicted octanol–water partition coefficient (Wildman–Crippen LogP) is 3.93. The third-order valence-corrected chi connectivity index (χ3v) is 5.51. The number of hydrogen-bond donors (Lipinski definition) is 1. The fourth-order valence-electron chi connectivity index (χ4n) is 3.76. The monoisotopic (exact) mass is 409 g/mol. The summed E-state index contributed by atoms with van der Waals surface area (Å²) in [5, 5.41) is 4.60. The Balaban J connectivity index is 1.65. The van der Waals surface area contributed by atoms with Crippen LogP contribution in [0.25, 0.3) is 22.2 Å². The molecule has 150 valence electrons. The quantitative estimate of drug-likeness (QED) is 0.693. The van der Waals surface area contributed by atoms with E-state index >= 15 is 0 Å². The fraction of sp³-hybridized carbons (Fsp3) is 0.304. The van der Waals surface area contributed by atoms with Crippen molar-refractivity contribution in [3.8, 4) is 11.3 Å². The van der Waals surface area contributed by atoms with Crippen molar-refractivity contribution in [3.05, 3.63) is 64.7 Å². The molecule has 1 aliphatic heterocycles. The average molecular weight is 410 g/mol. The van der Waals surface area contributed by atoms with E-state index in [1.165, 1.54) is 0 Å². The molecule has 1 aliphatic rings. The van der Waals surface area contributed by atoms with Gasteiger partial charge in [-0.3, -0.25) is 9.69 Å². The maximum Gasteiger partial charge on any atom is 0.252 e. The highest BCUT2D eigenvalue weighted by atomic mass is 35.5. The number of fused-ring (bicyclic) bond motifs is 1. The van der Waals surface area contributed by atoms with Gasteiger partial charge in [-0.1, -0.05) is 41.9 Å². The van der Waals surface area contributed by atoms with Crippen LogP contribution in [0, 0.1) is 6.92 Å². The van der Waals surface area contributed by atoms with Crippen molar-refractivity contribution < 1.29 is 9.53 Å². The second kappa shape index (κ2) is 8.91. The minimum atomic E-state index is -0.0716. The van der Waals surface area contributed by atoms with Crippen molar-refractivity contribution in [1.82, 2.24) is 15.2 Å². The van der Waals surface area contributed by atoms with Crippen molar-refractivity contribution in [2.45, 2.75) is 6.92 Å². The maximum atomic E-state index is 13.2. The summed E-state index contributed by atoms with van der Waals surface area (Å²) in [6, 6.07) is 15.3. The number of hydrogen-bond acceptors (Lipinski definition) is 4. The molecule has 4 rings (SSSR count). The van der Waals surface area contributed by atoms with Gasteiger partial charge in [-0.2, -0.15) is 0 Å². The van der Waals surface area contributed by atoms with E-state index in [4.69, 9.17) is 21.3 Å². The molecule has 6 heteroatoms. The predicted molar refractivity (Wildman–Crippen MR) is 117 cm³/mol. The summed E-state index contributed by atoms with van der Waals surface area (Å²) in [5.41, 5.74) is 4.02. The molecule has 1 fully saturated rings. The fourth-order valence-corrected chi connectivity index (χ4v) is 3.95. The first-order valence-corrected chi connectivity index (χ1v) is 10.2. The highest BCUT2D eigenvalue weighted by molar-refractivity contribution is 6.30. The number of carbonyl (C=O) groups excluding carboxylic acids is 1. The molecule has 3 aromatic rings. The summed E-state index contributed by atoms with van der Waals surface area (Å²) < 4.78 is 5.38. The molecule has 29 heavy (non-hydrogen) atoms. The number of rotatable bonds is 5. The number of carbonyl (C=O) groups is 1. The van der Waals surface area contributed by atoms with Crippen molar-refractivity contribution in [2.75, 3.05) is 39.4 Å². The second-order valence-corrected chi connectivity index (χ2v) is 7.63. The van der Waals surface area contributed by atoms with Gasteiger partial charge in [-0.25, -0.2) is 4.98 Å². The zero-order valence-corrected chi connectivity index (χ0v) is 17.2. The molecule has 2 heterocycles. The van der Waals surface area contributed by atoms with Gasteiger partial charge in [0.25, 0.3) is 5.91 Å². The van der Waals surface area contributed by atoms with E-state index in [2.05, 4.69) is 10.2 Å².